The molecule has 0 saturated heterocycles. The molecule has 1 heterocycles. The number of benzene rings is 4. The molecule has 5 aromatic carbocycles. The van der Waals surface area contributed by atoms with E-state index in [1.807, 2.05) is 23.5 Å². The van der Waals surface area contributed by atoms with Gasteiger partial charge in [-0.25, -0.2) is 0 Å². The molecule has 1 heteroatoms. The molecule has 1 unspecified atom stereocenters. The molecule has 0 amide bonds. The lowest BCUT2D eigenvalue weighted by atomic mass is 9.77. The summed E-state index contributed by atoms with van der Waals surface area (Å²) in [6, 6.07) is 39.9. The second-order valence-corrected chi connectivity index (χ2v) is 15.6. The van der Waals surface area contributed by atoms with Crippen LogP contribution < -0.4 is 0 Å². The van der Waals surface area contributed by atoms with Gasteiger partial charge in [0.2, 0.25) is 0 Å². The van der Waals surface area contributed by atoms with E-state index in [0.717, 1.165) is 17.6 Å². The van der Waals surface area contributed by atoms with E-state index in [1.54, 1.807) is 6.08 Å². The zero-order valence-corrected chi connectivity index (χ0v) is 31.4. The van der Waals surface area contributed by atoms with Gasteiger partial charge in [0.15, 0.2) is 0 Å². The average Bonchev–Trinajstić information content (AvgIpc) is 3.66. The van der Waals surface area contributed by atoms with Crippen LogP contribution in [0.5, 0.6) is 0 Å². The van der Waals surface area contributed by atoms with Crippen LogP contribution in [0.25, 0.3) is 58.4 Å². The molecular weight excluding hydrogens is 645 g/mol. The highest BCUT2D eigenvalue weighted by Crippen LogP contribution is 2.55. The van der Waals surface area contributed by atoms with Crippen LogP contribution in [-0.4, -0.2) is 0 Å². The van der Waals surface area contributed by atoms with Gasteiger partial charge in [-0.15, -0.1) is 11.3 Å². The zero-order chi connectivity index (χ0) is 36.0. The van der Waals surface area contributed by atoms with Crippen molar-refractivity contribution in [3.63, 3.8) is 0 Å². The molecule has 1 atom stereocenters. The summed E-state index contributed by atoms with van der Waals surface area (Å²) in [7, 11) is 0. The van der Waals surface area contributed by atoms with Gasteiger partial charge in [0.1, 0.15) is 0 Å². The second kappa shape index (κ2) is 13.6. The van der Waals surface area contributed by atoms with E-state index < -0.39 is 0 Å². The Morgan fingerprint density at radius 3 is 2.13 bits per heavy atom. The first kappa shape index (κ1) is 33.6. The Morgan fingerprint density at radius 2 is 1.38 bits per heavy atom. The van der Waals surface area contributed by atoms with Gasteiger partial charge in [0.05, 0.1) is 0 Å². The number of fused-ring (bicyclic) bond motifs is 10. The number of allylic oxidation sites excluding steroid dienone is 12. The summed E-state index contributed by atoms with van der Waals surface area (Å²) in [5.41, 5.74) is 11.5. The van der Waals surface area contributed by atoms with Gasteiger partial charge in [-0.2, -0.15) is 0 Å². The third-order valence-corrected chi connectivity index (χ3v) is 12.3. The molecule has 0 nitrogen and oxygen atoms in total. The summed E-state index contributed by atoms with van der Waals surface area (Å²) >= 11 is 1.92. The topological polar surface area (TPSA) is 0 Å². The SMILES string of the molecule is C=C/C=C\C(=C)c1ccccccc(/C(C)=C/C(=C\C)C2C=C3C(=CC2)C(C)(C)c2ccc4c(ccc5c6ccccc6sc45)c23)c2ccccc12. The van der Waals surface area contributed by atoms with Crippen molar-refractivity contribution in [1.29, 1.82) is 0 Å². The molecule has 0 spiro atoms. The smallest absolute Gasteiger partial charge is 0.0434 e. The van der Waals surface area contributed by atoms with Gasteiger partial charge in [-0.05, 0) is 92.6 Å². The monoisotopic (exact) mass is 688 g/mol. The summed E-state index contributed by atoms with van der Waals surface area (Å²) in [5, 5.41) is 7.80. The van der Waals surface area contributed by atoms with Crippen molar-refractivity contribution in [2.45, 2.75) is 39.5 Å². The first-order valence-electron chi connectivity index (χ1n) is 18.3. The fraction of sp³-hybridized carbons (Fsp3) is 0.137. The first-order chi connectivity index (χ1) is 25.3. The highest BCUT2D eigenvalue weighted by Gasteiger charge is 2.41. The minimum Gasteiger partial charge on any atom is -0.135 e. The quantitative estimate of drug-likeness (QED) is 0.153. The third-order valence-electron chi connectivity index (χ3n) is 11.1. The summed E-state index contributed by atoms with van der Waals surface area (Å²) < 4.78 is 2.74. The summed E-state index contributed by atoms with van der Waals surface area (Å²) in [5.74, 6) is 0.275. The maximum Gasteiger partial charge on any atom is 0.0434 e. The lowest BCUT2D eigenvalue weighted by Gasteiger charge is -2.26. The molecular formula is C51H44S. The van der Waals surface area contributed by atoms with Crippen LogP contribution in [0, 0.1) is 5.92 Å². The summed E-state index contributed by atoms with van der Waals surface area (Å²) in [6.07, 6.45) is 16.6. The average molecular weight is 689 g/mol. The molecule has 0 saturated carbocycles. The van der Waals surface area contributed by atoms with Gasteiger partial charge >= 0.3 is 0 Å². The van der Waals surface area contributed by atoms with Crippen LogP contribution in [0.1, 0.15) is 56.4 Å². The van der Waals surface area contributed by atoms with E-state index in [4.69, 9.17) is 0 Å². The molecule has 2 aliphatic carbocycles. The van der Waals surface area contributed by atoms with Crippen molar-refractivity contribution >= 4 is 69.8 Å². The zero-order valence-electron chi connectivity index (χ0n) is 30.5. The second-order valence-electron chi connectivity index (χ2n) is 14.5. The number of hydrogen-bond donors (Lipinski definition) is 0. The minimum absolute atomic E-state index is 0.0429. The molecule has 0 bridgehead atoms. The van der Waals surface area contributed by atoms with Crippen LogP contribution in [0.3, 0.4) is 0 Å². The van der Waals surface area contributed by atoms with Crippen molar-refractivity contribution in [1.82, 2.24) is 0 Å². The van der Waals surface area contributed by atoms with E-state index in [0.29, 0.717) is 0 Å². The van der Waals surface area contributed by atoms with Crippen LogP contribution in [-0.2, 0) is 5.41 Å². The Kier molecular flexibility index (Phi) is 8.77. The Balaban J connectivity index is 1.25. The van der Waals surface area contributed by atoms with Crippen molar-refractivity contribution in [3.8, 4) is 0 Å². The van der Waals surface area contributed by atoms with E-state index in [-0.39, 0.29) is 11.3 Å². The van der Waals surface area contributed by atoms with Gasteiger partial charge in [0.25, 0.3) is 0 Å². The van der Waals surface area contributed by atoms with Crippen LogP contribution in [0.4, 0.5) is 0 Å². The molecule has 0 aliphatic heterocycles. The summed E-state index contributed by atoms with van der Waals surface area (Å²) in [4.78, 5) is 0. The largest absolute Gasteiger partial charge is 0.135 e. The normalized spacial score (nSPS) is 16.9. The van der Waals surface area contributed by atoms with Gasteiger partial charge in [-0.3, -0.25) is 0 Å². The van der Waals surface area contributed by atoms with E-state index >= 15 is 0 Å². The predicted octanol–water partition coefficient (Wildman–Crippen LogP) is 14.9. The van der Waals surface area contributed by atoms with Crippen molar-refractivity contribution in [2.24, 2.45) is 5.92 Å². The molecule has 6 aromatic rings. The third kappa shape index (κ3) is 5.61. The van der Waals surface area contributed by atoms with Crippen molar-refractivity contribution in [2.75, 3.05) is 0 Å². The lowest BCUT2D eigenvalue weighted by Crippen LogP contribution is -2.17. The first-order valence-corrected chi connectivity index (χ1v) is 19.1. The van der Waals surface area contributed by atoms with Crippen molar-refractivity contribution < 1.29 is 0 Å². The van der Waals surface area contributed by atoms with E-state index in [2.05, 4.69) is 174 Å². The molecule has 0 fully saturated rings. The van der Waals surface area contributed by atoms with Gasteiger partial charge in [-0.1, -0.05) is 173 Å². The molecule has 254 valence electrons. The van der Waals surface area contributed by atoms with Crippen LogP contribution >= 0.6 is 11.3 Å². The molecule has 8 rings (SSSR count). The fourth-order valence-corrected chi connectivity index (χ4v) is 9.72. The van der Waals surface area contributed by atoms with Crippen LogP contribution in [0.15, 0.2) is 176 Å². The summed E-state index contributed by atoms with van der Waals surface area (Å²) in [6.45, 7) is 17.5. The standard InChI is InChI=1S/C51H44S/c1-7-9-18-33(3)37-19-12-10-11-13-20-38(40-22-15-14-21-39(37)40)34(4)31-35(8-2)36-25-29-46-45(32-36)49-42-26-27-43-41-23-16-17-24-48(41)52-50(43)44(42)28-30-47(49)51(46,5)6/h7-24,26-32,36H,1,3,25H2,2,4-6H3/b11-10?,12-10?,13-11?,18-9-,19-12?,20-13?,34-31+,35-8+,37-19?,38-20?,39-37?,40-38?. The minimum atomic E-state index is -0.0429. The van der Waals surface area contributed by atoms with E-state index in [1.165, 1.54) is 80.7 Å². The number of rotatable bonds is 6. The molecule has 0 radical (unpaired) electrons. The Labute approximate surface area is 312 Å². The Morgan fingerprint density at radius 1 is 0.750 bits per heavy atom. The lowest BCUT2D eigenvalue weighted by molar-refractivity contribution is 0.646. The molecule has 1 aromatic heterocycles. The van der Waals surface area contributed by atoms with Gasteiger partial charge in [0, 0.05) is 36.9 Å². The number of thiophene rings is 1. The highest BCUT2D eigenvalue weighted by molar-refractivity contribution is 7.26. The fourth-order valence-electron chi connectivity index (χ4n) is 8.49. The van der Waals surface area contributed by atoms with Crippen LogP contribution in [0.2, 0.25) is 0 Å². The molecule has 0 N–H and O–H groups in total. The Bertz CT molecular complexity index is 2680. The highest BCUT2D eigenvalue weighted by atomic mass is 32.1. The maximum absolute atomic E-state index is 4.42. The van der Waals surface area contributed by atoms with Gasteiger partial charge < -0.3 is 0 Å². The predicted molar refractivity (Wildman–Crippen MR) is 231 cm³/mol. The Hall–Kier alpha value is -5.50. The van der Waals surface area contributed by atoms with Crippen molar-refractivity contribution in [3.05, 3.63) is 198 Å². The molecule has 2 aliphatic rings. The molecule has 52 heavy (non-hydrogen) atoms. The number of hydrogen-bond acceptors (Lipinski definition) is 1. The van der Waals surface area contributed by atoms with E-state index in [9.17, 15) is 0 Å². The maximum atomic E-state index is 4.42.